The van der Waals surface area contributed by atoms with Gasteiger partial charge in [0.1, 0.15) is 11.2 Å². The normalized spacial score (nSPS) is 11.2. The number of fused-ring (bicyclic) bond motifs is 1. The molecular weight excluding hydrogens is 557 g/mol. The summed E-state index contributed by atoms with van der Waals surface area (Å²) in [4.78, 5) is 26.5. The molecule has 5 aromatic rings. The van der Waals surface area contributed by atoms with Crippen molar-refractivity contribution in [3.63, 3.8) is 0 Å². The van der Waals surface area contributed by atoms with E-state index in [9.17, 15) is 13.2 Å². The largest absolute Gasteiger partial charge is 0.280 e. The molecule has 0 aliphatic carbocycles. The number of sulfonamides is 1. The number of hydrogen-bond donors (Lipinski definition) is 1. The van der Waals surface area contributed by atoms with Gasteiger partial charge in [-0.1, -0.05) is 35.3 Å². The molecule has 0 spiro atoms. The molecule has 0 atom stereocenters. The molecule has 0 saturated carbocycles. The molecule has 0 unspecified atom stereocenters. The van der Waals surface area contributed by atoms with Gasteiger partial charge in [0.25, 0.3) is 15.6 Å². The number of benzene rings is 2. The van der Waals surface area contributed by atoms with Gasteiger partial charge in [0.15, 0.2) is 5.65 Å². The molecule has 12 heteroatoms. The summed E-state index contributed by atoms with van der Waals surface area (Å²) in [6, 6.07) is 17.7. The number of aromatic nitrogens is 4. The number of rotatable bonds is 6. The van der Waals surface area contributed by atoms with Crippen LogP contribution in [0.5, 0.6) is 0 Å². The predicted octanol–water partition coefficient (Wildman–Crippen LogP) is 5.30. The molecule has 0 radical (unpaired) electrons. The van der Waals surface area contributed by atoms with E-state index in [4.69, 9.17) is 23.2 Å². The molecule has 0 saturated heterocycles. The highest BCUT2D eigenvalue weighted by molar-refractivity contribution is 7.92. The fourth-order valence-electron chi connectivity index (χ4n) is 3.72. The Morgan fingerprint density at radius 3 is 2.41 bits per heavy atom. The second-order valence-electron chi connectivity index (χ2n) is 7.84. The van der Waals surface area contributed by atoms with Crippen LogP contribution < -0.4 is 10.3 Å². The van der Waals surface area contributed by atoms with Gasteiger partial charge in [-0.2, -0.15) is 0 Å². The van der Waals surface area contributed by atoms with E-state index < -0.39 is 10.0 Å². The first-order chi connectivity index (χ1) is 17.3. The molecule has 2 aromatic carbocycles. The SMILES string of the molecule is Cl.O=c1c(Cc2cccnc2)nc2cccnc2n1-c1cccc(NS(=O)(=O)c2cc(Cl)cc(Cl)c2)c1. The summed E-state index contributed by atoms with van der Waals surface area (Å²) in [5, 5.41) is 0.386. The van der Waals surface area contributed by atoms with Gasteiger partial charge >= 0.3 is 0 Å². The summed E-state index contributed by atoms with van der Waals surface area (Å²) in [5.74, 6) is 0. The third-order valence-corrected chi connectivity index (χ3v) is 7.08. The zero-order valence-electron chi connectivity index (χ0n) is 18.9. The van der Waals surface area contributed by atoms with Crippen molar-refractivity contribution in [3.05, 3.63) is 117 Å². The minimum Gasteiger partial charge on any atom is -0.280 e. The number of hydrogen-bond acceptors (Lipinski definition) is 6. The lowest BCUT2D eigenvalue weighted by Gasteiger charge is -2.14. The molecule has 188 valence electrons. The molecule has 37 heavy (non-hydrogen) atoms. The van der Waals surface area contributed by atoms with Gasteiger partial charge < -0.3 is 0 Å². The number of pyridine rings is 2. The van der Waals surface area contributed by atoms with Crippen LogP contribution in [0.15, 0.2) is 95.0 Å². The van der Waals surface area contributed by atoms with E-state index in [0.717, 1.165) is 5.56 Å². The minimum absolute atomic E-state index is 0. The minimum atomic E-state index is -4.00. The van der Waals surface area contributed by atoms with Crippen LogP contribution in [0, 0.1) is 0 Å². The van der Waals surface area contributed by atoms with E-state index in [1.54, 1.807) is 61.1 Å². The topological polar surface area (TPSA) is 107 Å². The first kappa shape index (κ1) is 26.6. The molecule has 3 aromatic heterocycles. The average Bonchev–Trinajstić information content (AvgIpc) is 2.84. The molecule has 8 nitrogen and oxygen atoms in total. The Labute approximate surface area is 228 Å². The van der Waals surface area contributed by atoms with Crippen LogP contribution >= 0.6 is 35.6 Å². The lowest BCUT2D eigenvalue weighted by molar-refractivity contribution is 0.601. The first-order valence-corrected chi connectivity index (χ1v) is 12.9. The summed E-state index contributed by atoms with van der Waals surface area (Å²) in [7, 11) is -4.00. The lowest BCUT2D eigenvalue weighted by atomic mass is 10.1. The van der Waals surface area contributed by atoms with Crippen molar-refractivity contribution < 1.29 is 8.42 Å². The van der Waals surface area contributed by atoms with Crippen molar-refractivity contribution in [3.8, 4) is 5.69 Å². The fourth-order valence-corrected chi connectivity index (χ4v) is 5.50. The Bertz CT molecular complexity index is 1740. The number of nitrogens with zero attached hydrogens (tertiary/aromatic N) is 4. The molecule has 3 heterocycles. The first-order valence-electron chi connectivity index (χ1n) is 10.6. The Morgan fingerprint density at radius 2 is 1.68 bits per heavy atom. The predicted molar refractivity (Wildman–Crippen MR) is 147 cm³/mol. The quantitative estimate of drug-likeness (QED) is 0.295. The van der Waals surface area contributed by atoms with E-state index in [1.807, 2.05) is 6.07 Å². The van der Waals surface area contributed by atoms with Crippen LogP contribution in [0.2, 0.25) is 10.0 Å². The monoisotopic (exact) mass is 573 g/mol. The van der Waals surface area contributed by atoms with Gasteiger partial charge in [-0.25, -0.2) is 18.4 Å². The molecule has 0 amide bonds. The van der Waals surface area contributed by atoms with Gasteiger partial charge in [0.05, 0.1) is 16.3 Å². The van der Waals surface area contributed by atoms with Gasteiger partial charge in [-0.05, 0) is 60.2 Å². The maximum absolute atomic E-state index is 13.6. The second kappa shape index (κ2) is 10.9. The Hall–Kier alpha value is -3.50. The average molecular weight is 575 g/mol. The van der Waals surface area contributed by atoms with Gasteiger partial charge in [-0.3, -0.25) is 19.1 Å². The van der Waals surface area contributed by atoms with Crippen molar-refractivity contribution >= 4 is 62.5 Å². The lowest BCUT2D eigenvalue weighted by Crippen LogP contribution is -2.25. The van der Waals surface area contributed by atoms with Crippen LogP contribution in [-0.2, 0) is 16.4 Å². The van der Waals surface area contributed by atoms with Crippen molar-refractivity contribution in [2.45, 2.75) is 11.3 Å². The van der Waals surface area contributed by atoms with E-state index in [0.29, 0.717) is 22.5 Å². The molecule has 5 rings (SSSR count). The van der Waals surface area contributed by atoms with E-state index >= 15 is 0 Å². The Morgan fingerprint density at radius 1 is 0.919 bits per heavy atom. The number of anilines is 1. The third-order valence-electron chi connectivity index (χ3n) is 5.28. The molecule has 1 N–H and O–H groups in total. The summed E-state index contributed by atoms with van der Waals surface area (Å²) >= 11 is 12.0. The number of nitrogens with one attached hydrogen (secondary N) is 1. The summed E-state index contributed by atoms with van der Waals surface area (Å²) in [6.07, 6.45) is 5.18. The molecule has 0 aliphatic heterocycles. The molecule has 0 fully saturated rings. The van der Waals surface area contributed by atoms with E-state index in [1.165, 1.54) is 22.8 Å². The fraction of sp³-hybridized carbons (Fsp3) is 0.0400. The Kier molecular flexibility index (Phi) is 7.79. The van der Waals surface area contributed by atoms with Gasteiger partial charge in [0, 0.05) is 35.1 Å². The van der Waals surface area contributed by atoms with Crippen molar-refractivity contribution in [1.29, 1.82) is 0 Å². The highest BCUT2D eigenvalue weighted by Gasteiger charge is 2.18. The molecular formula is C25H18Cl3N5O3S. The van der Waals surface area contributed by atoms with Crippen molar-refractivity contribution in [1.82, 2.24) is 19.5 Å². The zero-order chi connectivity index (χ0) is 25.3. The van der Waals surface area contributed by atoms with E-state index in [2.05, 4.69) is 19.7 Å². The second-order valence-corrected chi connectivity index (χ2v) is 10.4. The van der Waals surface area contributed by atoms with Crippen LogP contribution in [0.25, 0.3) is 16.9 Å². The Balaban J connectivity index is 0.00000320. The maximum Gasteiger partial charge on any atom is 0.278 e. The van der Waals surface area contributed by atoms with E-state index in [-0.39, 0.29) is 45.0 Å². The van der Waals surface area contributed by atoms with Crippen molar-refractivity contribution in [2.24, 2.45) is 0 Å². The summed E-state index contributed by atoms with van der Waals surface area (Å²) in [6.45, 7) is 0. The van der Waals surface area contributed by atoms with Crippen LogP contribution in [0.3, 0.4) is 0 Å². The molecule has 0 aliphatic rings. The highest BCUT2D eigenvalue weighted by atomic mass is 35.5. The van der Waals surface area contributed by atoms with Crippen LogP contribution in [-0.4, -0.2) is 27.9 Å². The molecule has 0 bridgehead atoms. The summed E-state index contributed by atoms with van der Waals surface area (Å²) in [5.41, 5.74) is 2.30. The maximum atomic E-state index is 13.6. The van der Waals surface area contributed by atoms with Gasteiger partial charge in [-0.15, -0.1) is 12.4 Å². The highest BCUT2D eigenvalue weighted by Crippen LogP contribution is 2.25. The number of halogens is 3. The third kappa shape index (κ3) is 5.75. The van der Waals surface area contributed by atoms with Gasteiger partial charge in [0.2, 0.25) is 0 Å². The smallest absolute Gasteiger partial charge is 0.278 e. The van der Waals surface area contributed by atoms with Crippen LogP contribution in [0.4, 0.5) is 5.69 Å². The summed E-state index contributed by atoms with van der Waals surface area (Å²) < 4.78 is 29.9. The zero-order valence-corrected chi connectivity index (χ0v) is 22.0. The van der Waals surface area contributed by atoms with Crippen LogP contribution in [0.1, 0.15) is 11.3 Å². The van der Waals surface area contributed by atoms with Crippen molar-refractivity contribution in [2.75, 3.05) is 4.72 Å². The standard InChI is InChI=1S/C25H17Cl2N5O3S.ClH/c26-17-11-18(27)13-21(12-17)36(34,35)31-19-5-1-6-20(14-19)32-24-22(7-3-9-29-24)30-23(25(32)33)10-16-4-2-8-28-15-16;/h1-9,11-15,31H,10H2;1H.